The summed E-state index contributed by atoms with van der Waals surface area (Å²) >= 11 is 0. The smallest absolute Gasteiger partial charge is 0.224 e. The third-order valence-electron chi connectivity index (χ3n) is 3.48. The maximum Gasteiger partial charge on any atom is 0.224 e. The van der Waals surface area contributed by atoms with E-state index in [9.17, 15) is 9.59 Å². The Morgan fingerprint density at radius 2 is 1.74 bits per heavy atom. The molecule has 0 fully saturated rings. The summed E-state index contributed by atoms with van der Waals surface area (Å²) in [6, 6.07) is 12.0. The maximum atomic E-state index is 11.8. The highest BCUT2D eigenvalue weighted by atomic mass is 16.1. The number of carbonyl (C=O) groups excluding carboxylic acids is 1. The number of nitrogens with one attached hydrogen (secondary N) is 1. The minimum Gasteiger partial charge on any atom is -0.354 e. The van der Waals surface area contributed by atoms with Crippen molar-refractivity contribution < 1.29 is 4.79 Å². The highest BCUT2D eigenvalue weighted by Gasteiger charge is 2.02. The van der Waals surface area contributed by atoms with E-state index in [2.05, 4.69) is 5.32 Å². The van der Waals surface area contributed by atoms with Crippen molar-refractivity contribution >= 4 is 11.6 Å². The molecule has 5 nitrogen and oxygen atoms in total. The van der Waals surface area contributed by atoms with Gasteiger partial charge >= 0.3 is 0 Å². The molecule has 0 aliphatic heterocycles. The molecule has 1 aromatic heterocycles. The van der Waals surface area contributed by atoms with Gasteiger partial charge in [0.05, 0.1) is 11.6 Å². The number of carbonyl (C=O) groups is 1. The van der Waals surface area contributed by atoms with Crippen molar-refractivity contribution in [1.29, 1.82) is 5.26 Å². The molecule has 0 spiro atoms. The number of aromatic nitrogens is 1. The molecule has 0 saturated heterocycles. The van der Waals surface area contributed by atoms with E-state index in [0.29, 0.717) is 17.7 Å². The number of pyridine rings is 1. The largest absolute Gasteiger partial charge is 0.354 e. The van der Waals surface area contributed by atoms with Crippen LogP contribution in [0, 0.1) is 11.3 Å². The van der Waals surface area contributed by atoms with E-state index in [0.717, 1.165) is 25.8 Å². The zero-order chi connectivity index (χ0) is 16.5. The van der Waals surface area contributed by atoms with Gasteiger partial charge in [0.1, 0.15) is 0 Å². The van der Waals surface area contributed by atoms with Gasteiger partial charge in [-0.3, -0.25) is 9.59 Å². The van der Waals surface area contributed by atoms with E-state index in [-0.39, 0.29) is 11.3 Å². The second kappa shape index (κ2) is 8.54. The molecule has 0 radical (unpaired) electrons. The van der Waals surface area contributed by atoms with Gasteiger partial charge in [-0.25, -0.2) is 0 Å². The first-order chi connectivity index (χ1) is 11.2. The van der Waals surface area contributed by atoms with Crippen LogP contribution in [0.5, 0.6) is 0 Å². The molecular weight excluding hydrogens is 290 g/mol. The average Bonchev–Trinajstić information content (AvgIpc) is 2.57. The lowest BCUT2D eigenvalue weighted by molar-refractivity contribution is -0.116. The summed E-state index contributed by atoms with van der Waals surface area (Å²) in [5.74, 6) is -0.0157. The topological polar surface area (TPSA) is 74.9 Å². The Kier molecular flexibility index (Phi) is 6.13. The minimum atomic E-state index is -0.0157. The van der Waals surface area contributed by atoms with Crippen molar-refractivity contribution in [1.82, 2.24) is 4.57 Å². The lowest BCUT2D eigenvalue weighted by Crippen LogP contribution is -2.11. The third-order valence-corrected chi connectivity index (χ3v) is 3.48. The van der Waals surface area contributed by atoms with E-state index in [1.54, 1.807) is 48.8 Å². The summed E-state index contributed by atoms with van der Waals surface area (Å²) in [6.45, 7) is 0.845. The molecule has 1 amide bonds. The van der Waals surface area contributed by atoms with Crippen LogP contribution in [-0.4, -0.2) is 10.5 Å². The number of aryl methyl sites for hydroxylation is 1. The van der Waals surface area contributed by atoms with Crippen LogP contribution in [0.15, 0.2) is 53.6 Å². The van der Waals surface area contributed by atoms with E-state index < -0.39 is 0 Å². The second-order valence-electron chi connectivity index (χ2n) is 5.32. The molecule has 2 rings (SSSR count). The zero-order valence-corrected chi connectivity index (χ0v) is 12.9. The number of nitrogens with zero attached hydrogens (tertiary/aromatic N) is 2. The van der Waals surface area contributed by atoms with Crippen LogP contribution in [0.25, 0.3) is 0 Å². The summed E-state index contributed by atoms with van der Waals surface area (Å²) < 4.78 is 1.97. The fraction of sp³-hybridized carbons (Fsp3) is 0.278. The van der Waals surface area contributed by atoms with Crippen molar-refractivity contribution in [2.75, 3.05) is 5.32 Å². The molecule has 1 heterocycles. The Labute approximate surface area is 135 Å². The van der Waals surface area contributed by atoms with Crippen molar-refractivity contribution in [3.05, 3.63) is 64.6 Å². The zero-order valence-electron chi connectivity index (χ0n) is 12.9. The lowest BCUT2D eigenvalue weighted by atomic mass is 10.1. The standard InChI is InChI=1S/C18H19N3O2/c19-14-15-5-7-16(8-6-15)20-18(23)4-2-1-3-11-21-12-9-17(22)10-13-21/h5-10,12-13H,1-4,11H2,(H,20,23). The molecule has 118 valence electrons. The lowest BCUT2D eigenvalue weighted by Gasteiger charge is -2.06. The molecule has 0 bridgehead atoms. The Balaban J connectivity index is 1.63. The molecule has 0 atom stereocenters. The molecule has 0 unspecified atom stereocenters. The van der Waals surface area contributed by atoms with Gasteiger partial charge in [0, 0.05) is 43.2 Å². The SMILES string of the molecule is N#Cc1ccc(NC(=O)CCCCCn2ccc(=O)cc2)cc1. The molecular formula is C18H19N3O2. The summed E-state index contributed by atoms with van der Waals surface area (Å²) in [5, 5.41) is 11.5. The van der Waals surface area contributed by atoms with Crippen LogP contribution < -0.4 is 10.7 Å². The number of anilines is 1. The summed E-state index contributed by atoms with van der Waals surface area (Å²) in [4.78, 5) is 22.8. The van der Waals surface area contributed by atoms with Gasteiger partial charge in [-0.15, -0.1) is 0 Å². The first-order valence-corrected chi connectivity index (χ1v) is 7.63. The van der Waals surface area contributed by atoms with E-state index >= 15 is 0 Å². The van der Waals surface area contributed by atoms with Crippen LogP contribution in [0.1, 0.15) is 31.2 Å². The van der Waals surface area contributed by atoms with Gasteiger partial charge in [-0.1, -0.05) is 6.42 Å². The van der Waals surface area contributed by atoms with Gasteiger partial charge < -0.3 is 9.88 Å². The molecule has 0 aliphatic rings. The van der Waals surface area contributed by atoms with Gasteiger partial charge in [-0.05, 0) is 37.1 Å². The molecule has 2 aromatic rings. The summed E-state index contributed by atoms with van der Waals surface area (Å²) in [5.41, 5.74) is 1.30. The number of rotatable bonds is 7. The highest BCUT2D eigenvalue weighted by molar-refractivity contribution is 5.90. The van der Waals surface area contributed by atoms with Crippen molar-refractivity contribution in [3.8, 4) is 6.07 Å². The van der Waals surface area contributed by atoms with Gasteiger partial charge in [0.15, 0.2) is 5.43 Å². The molecule has 0 saturated carbocycles. The Morgan fingerprint density at radius 1 is 1.04 bits per heavy atom. The third kappa shape index (κ3) is 5.79. The number of hydrogen-bond donors (Lipinski definition) is 1. The fourth-order valence-electron chi connectivity index (χ4n) is 2.20. The van der Waals surface area contributed by atoms with E-state index in [1.807, 2.05) is 10.6 Å². The quantitative estimate of drug-likeness (QED) is 0.799. The summed E-state index contributed by atoms with van der Waals surface area (Å²) in [6.07, 6.45) is 6.77. The van der Waals surface area contributed by atoms with Gasteiger partial charge in [0.2, 0.25) is 5.91 Å². The van der Waals surface area contributed by atoms with Crippen LogP contribution in [0.2, 0.25) is 0 Å². The second-order valence-corrected chi connectivity index (χ2v) is 5.32. The van der Waals surface area contributed by atoms with Crippen LogP contribution >= 0.6 is 0 Å². The van der Waals surface area contributed by atoms with Crippen LogP contribution in [0.3, 0.4) is 0 Å². The number of nitriles is 1. The first kappa shape index (κ1) is 16.5. The van der Waals surface area contributed by atoms with Crippen molar-refractivity contribution in [3.63, 3.8) is 0 Å². The molecule has 23 heavy (non-hydrogen) atoms. The first-order valence-electron chi connectivity index (χ1n) is 7.63. The van der Waals surface area contributed by atoms with Gasteiger partial charge in [-0.2, -0.15) is 5.26 Å². The highest BCUT2D eigenvalue weighted by Crippen LogP contribution is 2.10. The molecule has 1 N–H and O–H groups in total. The number of benzene rings is 1. The number of hydrogen-bond acceptors (Lipinski definition) is 3. The van der Waals surface area contributed by atoms with Crippen LogP contribution in [-0.2, 0) is 11.3 Å². The summed E-state index contributed by atoms with van der Waals surface area (Å²) in [7, 11) is 0. The number of unbranched alkanes of at least 4 members (excludes halogenated alkanes) is 2. The normalized spacial score (nSPS) is 10.0. The Hall–Kier alpha value is -2.87. The van der Waals surface area contributed by atoms with E-state index in [4.69, 9.17) is 5.26 Å². The molecule has 1 aromatic carbocycles. The van der Waals surface area contributed by atoms with Gasteiger partial charge in [0.25, 0.3) is 0 Å². The maximum absolute atomic E-state index is 11.8. The monoisotopic (exact) mass is 309 g/mol. The predicted octanol–water partition coefficient (Wildman–Crippen LogP) is 2.92. The molecule has 5 heteroatoms. The Morgan fingerprint density at radius 3 is 2.39 bits per heavy atom. The van der Waals surface area contributed by atoms with Crippen LogP contribution in [0.4, 0.5) is 5.69 Å². The predicted molar refractivity (Wildman–Crippen MR) is 89.0 cm³/mol. The number of amides is 1. The average molecular weight is 309 g/mol. The minimum absolute atomic E-state index is 0.0146. The molecule has 0 aliphatic carbocycles. The van der Waals surface area contributed by atoms with Crippen molar-refractivity contribution in [2.45, 2.75) is 32.2 Å². The fourth-order valence-corrected chi connectivity index (χ4v) is 2.20. The van der Waals surface area contributed by atoms with Crippen molar-refractivity contribution in [2.24, 2.45) is 0 Å². The Bertz CT molecular complexity index is 722. The van der Waals surface area contributed by atoms with E-state index in [1.165, 1.54) is 0 Å².